The Morgan fingerprint density at radius 3 is 2.25 bits per heavy atom. The lowest BCUT2D eigenvalue weighted by atomic mass is 9.79. The zero-order valence-electron chi connectivity index (χ0n) is 25.8. The third-order valence-corrected chi connectivity index (χ3v) is 10.1. The maximum absolute atomic E-state index is 14.1. The number of hydrogen-bond donors (Lipinski definition) is 2. The van der Waals surface area contributed by atoms with Crippen molar-refractivity contribution in [3.8, 4) is 5.75 Å². The van der Waals surface area contributed by atoms with Crippen LogP contribution in [0.5, 0.6) is 5.75 Å². The van der Waals surface area contributed by atoms with Crippen LogP contribution < -0.4 is 20.7 Å². The van der Waals surface area contributed by atoms with Crippen LogP contribution in [0.25, 0.3) is 0 Å². The number of unbranched alkanes of at least 4 members (excludes halogenated alkanes) is 2. The predicted octanol–water partition coefficient (Wildman–Crippen LogP) is 5.97. The second-order valence-corrected chi connectivity index (χ2v) is 13.5. The number of sulfone groups is 1. The zero-order chi connectivity index (χ0) is 31.7. The van der Waals surface area contributed by atoms with Gasteiger partial charge in [-0.3, -0.25) is 4.79 Å². The SMILES string of the molecule is CCCCC1(CCCC)CN(c2ccc(N)cc2)c2ccc(OCC(=O)N[C@@H](C(=O)OC)c3ccccc3)cc2S(=O)(=O)C1. The second-order valence-electron chi connectivity index (χ2n) is 11.5. The molecule has 1 heterocycles. The standard InChI is InChI=1S/C34H43N3O6S/c1-4-6-19-34(20-7-5-2)23-37(27-15-13-26(35)14-16-27)29-18-17-28(21-30(29)44(40,41)24-34)43-22-31(38)36-32(33(39)42-3)25-11-9-8-10-12-25/h8-18,21,32H,4-7,19-20,22-24,35H2,1-3H3,(H,36,38)/t32-/m1/s1. The number of methoxy groups -OCH3 is 1. The molecule has 0 saturated heterocycles. The summed E-state index contributed by atoms with van der Waals surface area (Å²) in [6.45, 7) is 4.38. The van der Waals surface area contributed by atoms with Crippen LogP contribution in [-0.2, 0) is 24.2 Å². The number of ether oxygens (including phenoxy) is 2. The quantitative estimate of drug-likeness (QED) is 0.177. The highest BCUT2D eigenvalue weighted by Crippen LogP contribution is 2.45. The van der Waals surface area contributed by atoms with Crippen molar-refractivity contribution >= 4 is 38.8 Å². The minimum absolute atomic E-state index is 0.0281. The molecule has 1 amide bonds. The molecule has 0 radical (unpaired) electrons. The molecule has 236 valence electrons. The summed E-state index contributed by atoms with van der Waals surface area (Å²) >= 11 is 0. The Hall–Kier alpha value is -4.05. The Labute approximate surface area is 260 Å². The fourth-order valence-electron chi connectivity index (χ4n) is 5.81. The number of benzene rings is 3. The van der Waals surface area contributed by atoms with Gasteiger partial charge >= 0.3 is 5.97 Å². The van der Waals surface area contributed by atoms with Crippen molar-refractivity contribution < 1.29 is 27.5 Å². The lowest BCUT2D eigenvalue weighted by Gasteiger charge is -2.37. The Bertz CT molecular complexity index is 1520. The largest absolute Gasteiger partial charge is 0.484 e. The van der Waals surface area contributed by atoms with Gasteiger partial charge in [0.05, 0.1) is 23.4 Å². The van der Waals surface area contributed by atoms with Crippen LogP contribution >= 0.6 is 0 Å². The van der Waals surface area contributed by atoms with Gasteiger partial charge in [-0.25, -0.2) is 13.2 Å². The van der Waals surface area contributed by atoms with E-state index in [4.69, 9.17) is 15.2 Å². The molecule has 0 unspecified atom stereocenters. The first-order chi connectivity index (χ1) is 21.1. The van der Waals surface area contributed by atoms with Crippen LogP contribution in [0.2, 0.25) is 0 Å². The smallest absolute Gasteiger partial charge is 0.333 e. The van der Waals surface area contributed by atoms with Gasteiger partial charge in [0.25, 0.3) is 5.91 Å². The van der Waals surface area contributed by atoms with Gasteiger partial charge in [0, 0.05) is 29.4 Å². The minimum atomic E-state index is -3.73. The molecular formula is C34H43N3O6S. The van der Waals surface area contributed by atoms with Gasteiger partial charge in [0.15, 0.2) is 22.5 Å². The summed E-state index contributed by atoms with van der Waals surface area (Å²) in [6, 6.07) is 20.2. The summed E-state index contributed by atoms with van der Waals surface area (Å²) in [7, 11) is -2.48. The van der Waals surface area contributed by atoms with Crippen molar-refractivity contribution in [2.45, 2.75) is 63.3 Å². The summed E-state index contributed by atoms with van der Waals surface area (Å²) < 4.78 is 38.9. The number of fused-ring (bicyclic) bond motifs is 1. The van der Waals surface area contributed by atoms with E-state index in [1.165, 1.54) is 13.2 Å². The molecule has 9 nitrogen and oxygen atoms in total. The first kappa shape index (κ1) is 32.9. The molecule has 1 aliphatic heterocycles. The molecule has 1 atom stereocenters. The average molecular weight is 622 g/mol. The summed E-state index contributed by atoms with van der Waals surface area (Å²) in [4.78, 5) is 27.5. The summed E-state index contributed by atoms with van der Waals surface area (Å²) in [6.07, 6.45) is 5.42. The number of anilines is 3. The van der Waals surface area contributed by atoms with E-state index in [0.717, 1.165) is 44.2 Å². The number of carbonyl (C=O) groups excluding carboxylic acids is 2. The summed E-state index contributed by atoms with van der Waals surface area (Å²) in [5.74, 6) is -0.897. The number of rotatable bonds is 13. The number of nitrogens with zero attached hydrogens (tertiary/aromatic N) is 1. The van der Waals surface area contributed by atoms with E-state index in [1.54, 1.807) is 42.5 Å². The van der Waals surface area contributed by atoms with Crippen LogP contribution in [0, 0.1) is 5.41 Å². The predicted molar refractivity (Wildman–Crippen MR) is 173 cm³/mol. The van der Waals surface area contributed by atoms with Crippen molar-refractivity contribution in [2.24, 2.45) is 5.41 Å². The van der Waals surface area contributed by atoms with Crippen LogP contribution in [0.1, 0.15) is 64.0 Å². The number of nitrogens with one attached hydrogen (secondary N) is 1. The highest BCUT2D eigenvalue weighted by molar-refractivity contribution is 7.91. The molecule has 0 bridgehead atoms. The van der Waals surface area contributed by atoms with Gasteiger partial charge in [0.2, 0.25) is 0 Å². The van der Waals surface area contributed by atoms with Crippen LogP contribution in [0.15, 0.2) is 77.7 Å². The summed E-state index contributed by atoms with van der Waals surface area (Å²) in [5.41, 5.74) is 8.17. The number of amides is 1. The Morgan fingerprint density at radius 1 is 0.977 bits per heavy atom. The van der Waals surface area contributed by atoms with Gasteiger partial charge in [-0.05, 0) is 54.8 Å². The van der Waals surface area contributed by atoms with Gasteiger partial charge < -0.3 is 25.4 Å². The molecule has 44 heavy (non-hydrogen) atoms. The zero-order valence-corrected chi connectivity index (χ0v) is 26.6. The van der Waals surface area contributed by atoms with E-state index in [0.29, 0.717) is 23.5 Å². The van der Waals surface area contributed by atoms with Crippen molar-refractivity contribution in [1.29, 1.82) is 0 Å². The Balaban J connectivity index is 1.65. The van der Waals surface area contributed by atoms with E-state index < -0.39 is 39.8 Å². The van der Waals surface area contributed by atoms with Crippen molar-refractivity contribution in [3.63, 3.8) is 0 Å². The monoisotopic (exact) mass is 621 g/mol. The van der Waals surface area contributed by atoms with E-state index in [-0.39, 0.29) is 16.4 Å². The molecule has 10 heteroatoms. The lowest BCUT2D eigenvalue weighted by molar-refractivity contribution is -0.145. The second kappa shape index (κ2) is 14.6. The van der Waals surface area contributed by atoms with E-state index in [2.05, 4.69) is 24.1 Å². The van der Waals surface area contributed by atoms with E-state index in [1.807, 2.05) is 24.3 Å². The van der Waals surface area contributed by atoms with Crippen molar-refractivity contribution in [3.05, 3.63) is 78.4 Å². The number of hydrogen-bond acceptors (Lipinski definition) is 8. The molecule has 3 aromatic carbocycles. The number of nitrogens with two attached hydrogens (primary N) is 1. The Morgan fingerprint density at radius 2 is 1.64 bits per heavy atom. The van der Waals surface area contributed by atoms with E-state index in [9.17, 15) is 18.0 Å². The fraction of sp³-hybridized carbons (Fsp3) is 0.412. The Kier molecular flexibility index (Phi) is 10.9. The fourth-order valence-corrected chi connectivity index (χ4v) is 7.95. The molecule has 0 spiro atoms. The lowest BCUT2D eigenvalue weighted by Crippen LogP contribution is -2.38. The topological polar surface area (TPSA) is 128 Å². The minimum Gasteiger partial charge on any atom is -0.484 e. The van der Waals surface area contributed by atoms with E-state index >= 15 is 0 Å². The number of nitrogen functional groups attached to an aromatic ring is 1. The van der Waals surface area contributed by atoms with Crippen molar-refractivity contribution in [1.82, 2.24) is 5.32 Å². The van der Waals surface area contributed by atoms with Crippen LogP contribution in [0.3, 0.4) is 0 Å². The molecule has 3 N–H and O–H groups in total. The number of carbonyl (C=O) groups is 2. The average Bonchev–Trinajstić information content (AvgIpc) is 3.12. The molecule has 3 aromatic rings. The highest BCUT2D eigenvalue weighted by atomic mass is 32.2. The van der Waals surface area contributed by atoms with Crippen molar-refractivity contribution in [2.75, 3.05) is 36.6 Å². The highest BCUT2D eigenvalue weighted by Gasteiger charge is 2.42. The third-order valence-electron chi connectivity index (χ3n) is 8.12. The number of esters is 1. The first-order valence-corrected chi connectivity index (χ1v) is 16.8. The van der Waals surface area contributed by atoms with Gasteiger partial charge in [-0.1, -0.05) is 69.9 Å². The van der Waals surface area contributed by atoms with Gasteiger partial charge in [-0.15, -0.1) is 0 Å². The first-order valence-electron chi connectivity index (χ1n) is 15.2. The van der Waals surface area contributed by atoms with Crippen LogP contribution in [-0.4, -0.2) is 46.3 Å². The maximum Gasteiger partial charge on any atom is 0.333 e. The molecule has 1 aliphatic rings. The molecule has 0 aromatic heterocycles. The van der Waals surface area contributed by atoms with Gasteiger partial charge in [-0.2, -0.15) is 0 Å². The molecule has 0 fully saturated rings. The van der Waals surface area contributed by atoms with Gasteiger partial charge in [0.1, 0.15) is 5.75 Å². The third kappa shape index (κ3) is 7.91. The normalized spacial score (nSPS) is 15.8. The summed E-state index contributed by atoms with van der Waals surface area (Å²) in [5, 5.41) is 2.65. The molecule has 4 rings (SSSR count). The molecular weight excluding hydrogens is 578 g/mol. The molecule has 0 saturated carbocycles. The maximum atomic E-state index is 14.1. The molecule has 0 aliphatic carbocycles. The van der Waals surface area contributed by atoms with Crippen LogP contribution in [0.4, 0.5) is 17.1 Å².